The molecule has 0 unspecified atom stereocenters. The summed E-state index contributed by atoms with van der Waals surface area (Å²) in [4.78, 5) is 12.4. The third kappa shape index (κ3) is 3.41. The van der Waals surface area contributed by atoms with Gasteiger partial charge in [0, 0.05) is 12.1 Å². The fourth-order valence-electron chi connectivity index (χ4n) is 5.70. The number of rotatable bonds is 3. The summed E-state index contributed by atoms with van der Waals surface area (Å²) in [7, 11) is 0. The predicted molar refractivity (Wildman–Crippen MR) is 99.2 cm³/mol. The molecule has 0 aliphatic heterocycles. The van der Waals surface area contributed by atoms with E-state index in [4.69, 9.17) is 12.2 Å². The molecule has 0 atom stereocenters. The van der Waals surface area contributed by atoms with Crippen molar-refractivity contribution in [1.82, 2.24) is 10.9 Å². The fourth-order valence-corrected chi connectivity index (χ4v) is 5.87. The molecule has 3 N–H and O–H groups in total. The van der Waals surface area contributed by atoms with E-state index >= 15 is 0 Å². The molecule has 0 spiro atoms. The Morgan fingerprint density at radius 3 is 2.17 bits per heavy atom. The Labute approximate surface area is 148 Å². The van der Waals surface area contributed by atoms with Crippen molar-refractivity contribution in [2.75, 3.05) is 5.32 Å². The fraction of sp³-hybridized carbons (Fsp3) is 0.579. The lowest BCUT2D eigenvalue weighted by Gasteiger charge is -2.56. The lowest BCUT2D eigenvalue weighted by atomic mass is 9.49. The number of nitrogens with one attached hydrogen (secondary N) is 3. The summed E-state index contributed by atoms with van der Waals surface area (Å²) >= 11 is 5.23. The van der Waals surface area contributed by atoms with Gasteiger partial charge >= 0.3 is 0 Å². The van der Waals surface area contributed by atoms with Crippen molar-refractivity contribution >= 4 is 28.9 Å². The van der Waals surface area contributed by atoms with Gasteiger partial charge in [-0.2, -0.15) is 0 Å². The largest absolute Gasteiger partial charge is 0.331 e. The van der Waals surface area contributed by atoms with E-state index in [0.29, 0.717) is 11.5 Å². The molecule has 4 nitrogen and oxygen atoms in total. The van der Waals surface area contributed by atoms with Crippen molar-refractivity contribution in [3.63, 3.8) is 0 Å². The van der Waals surface area contributed by atoms with E-state index in [0.717, 1.165) is 23.4 Å². The van der Waals surface area contributed by atoms with E-state index in [1.54, 1.807) is 0 Å². The SMILES string of the molecule is O=C(CC12CC3CC(CC(C3)C1)C2)NNC(=S)Nc1ccccc1. The molecule has 1 amide bonds. The van der Waals surface area contributed by atoms with Crippen LogP contribution in [0, 0.1) is 23.2 Å². The van der Waals surface area contributed by atoms with Crippen LogP contribution < -0.4 is 16.2 Å². The van der Waals surface area contributed by atoms with Gasteiger partial charge in [-0.3, -0.25) is 15.6 Å². The molecule has 0 heterocycles. The van der Waals surface area contributed by atoms with Gasteiger partial charge in [-0.15, -0.1) is 0 Å². The van der Waals surface area contributed by atoms with Crippen LogP contribution in [-0.2, 0) is 4.79 Å². The van der Waals surface area contributed by atoms with E-state index in [2.05, 4.69) is 16.2 Å². The van der Waals surface area contributed by atoms with E-state index in [9.17, 15) is 4.79 Å². The van der Waals surface area contributed by atoms with Gasteiger partial charge in [0.25, 0.3) is 0 Å². The van der Waals surface area contributed by atoms with Gasteiger partial charge in [-0.25, -0.2) is 0 Å². The Balaban J connectivity index is 1.27. The maximum atomic E-state index is 12.4. The van der Waals surface area contributed by atoms with Crippen LogP contribution in [0.3, 0.4) is 0 Å². The number of para-hydroxylation sites is 1. The number of carbonyl (C=O) groups excluding carboxylic acids is 1. The molecule has 24 heavy (non-hydrogen) atoms. The highest BCUT2D eigenvalue weighted by molar-refractivity contribution is 7.80. The Morgan fingerprint density at radius 2 is 1.58 bits per heavy atom. The van der Waals surface area contributed by atoms with Gasteiger partial charge in [0.1, 0.15) is 0 Å². The third-order valence-electron chi connectivity index (χ3n) is 6.05. The van der Waals surface area contributed by atoms with Gasteiger partial charge in [-0.1, -0.05) is 18.2 Å². The first kappa shape index (κ1) is 15.9. The number of thiocarbonyl (C=S) groups is 1. The normalized spacial score (nSPS) is 33.1. The van der Waals surface area contributed by atoms with Crippen LogP contribution in [0.4, 0.5) is 5.69 Å². The molecule has 128 valence electrons. The van der Waals surface area contributed by atoms with Gasteiger partial charge in [0.15, 0.2) is 5.11 Å². The smallest absolute Gasteiger partial charge is 0.238 e. The molecular weight excluding hydrogens is 318 g/mol. The minimum atomic E-state index is 0.0640. The second-order valence-corrected chi connectivity index (χ2v) is 8.50. The van der Waals surface area contributed by atoms with Crippen LogP contribution in [0.1, 0.15) is 44.9 Å². The average Bonchev–Trinajstić information content (AvgIpc) is 2.52. The van der Waals surface area contributed by atoms with Crippen LogP contribution in [0.5, 0.6) is 0 Å². The summed E-state index contributed by atoms with van der Waals surface area (Å²) in [5, 5.41) is 3.48. The summed E-state index contributed by atoms with van der Waals surface area (Å²) in [5.74, 6) is 2.68. The third-order valence-corrected chi connectivity index (χ3v) is 6.25. The summed E-state index contributed by atoms with van der Waals surface area (Å²) in [6.07, 6.45) is 8.60. The number of hydrogen-bond donors (Lipinski definition) is 3. The van der Waals surface area contributed by atoms with Crippen LogP contribution in [0.25, 0.3) is 0 Å². The number of anilines is 1. The summed E-state index contributed by atoms with van der Waals surface area (Å²) in [6, 6.07) is 9.71. The number of hydrazine groups is 1. The van der Waals surface area contributed by atoms with Crippen molar-refractivity contribution in [2.45, 2.75) is 44.9 Å². The number of benzene rings is 1. The predicted octanol–water partition coefficient (Wildman–Crippen LogP) is 3.61. The van der Waals surface area contributed by atoms with Crippen molar-refractivity contribution < 1.29 is 4.79 Å². The minimum Gasteiger partial charge on any atom is -0.331 e. The Bertz CT molecular complexity index is 595. The van der Waals surface area contributed by atoms with Gasteiger partial charge < -0.3 is 5.32 Å². The summed E-state index contributed by atoms with van der Waals surface area (Å²) in [5.41, 5.74) is 6.79. The van der Waals surface area contributed by atoms with E-state index < -0.39 is 0 Å². The quantitative estimate of drug-likeness (QED) is 0.580. The molecule has 4 fully saturated rings. The zero-order valence-electron chi connectivity index (χ0n) is 13.9. The molecular formula is C19H25N3OS. The molecule has 5 rings (SSSR count). The maximum absolute atomic E-state index is 12.4. The molecule has 5 heteroatoms. The van der Waals surface area contributed by atoms with E-state index in [-0.39, 0.29) is 11.3 Å². The van der Waals surface area contributed by atoms with Gasteiger partial charge in [-0.05, 0) is 86.0 Å². The highest BCUT2D eigenvalue weighted by Gasteiger charge is 2.51. The minimum absolute atomic E-state index is 0.0640. The first-order valence-electron chi connectivity index (χ1n) is 9.01. The number of amides is 1. The van der Waals surface area contributed by atoms with Crippen molar-refractivity contribution in [3.05, 3.63) is 30.3 Å². The zero-order valence-corrected chi connectivity index (χ0v) is 14.7. The first-order valence-corrected chi connectivity index (χ1v) is 9.42. The lowest BCUT2D eigenvalue weighted by Crippen LogP contribution is -2.50. The van der Waals surface area contributed by atoms with Crippen LogP contribution in [0.2, 0.25) is 0 Å². The highest BCUT2D eigenvalue weighted by atomic mass is 32.1. The van der Waals surface area contributed by atoms with Crippen LogP contribution in [-0.4, -0.2) is 11.0 Å². The molecule has 4 aliphatic carbocycles. The molecule has 4 aliphatic rings. The Hall–Kier alpha value is -1.62. The zero-order chi connectivity index (χ0) is 16.6. The molecule has 1 aromatic carbocycles. The maximum Gasteiger partial charge on any atom is 0.238 e. The molecule has 0 aromatic heterocycles. The topological polar surface area (TPSA) is 53.2 Å². The van der Waals surface area contributed by atoms with Crippen molar-refractivity contribution in [2.24, 2.45) is 23.2 Å². The Morgan fingerprint density at radius 1 is 1.00 bits per heavy atom. The van der Waals surface area contributed by atoms with E-state index in [1.165, 1.54) is 38.5 Å². The molecule has 4 saturated carbocycles. The van der Waals surface area contributed by atoms with Crippen molar-refractivity contribution in [3.8, 4) is 0 Å². The average molecular weight is 343 g/mol. The standard InChI is InChI=1S/C19H25N3OS/c23-17(21-22-18(24)20-16-4-2-1-3-5-16)12-19-9-13-6-14(10-19)8-15(7-13)11-19/h1-5,13-15H,6-12H2,(H,21,23)(H2,20,22,24). The number of hydrogen-bond acceptors (Lipinski definition) is 2. The summed E-state index contributed by atoms with van der Waals surface area (Å²) < 4.78 is 0. The first-order chi connectivity index (χ1) is 11.6. The Kier molecular flexibility index (Phi) is 4.21. The second-order valence-electron chi connectivity index (χ2n) is 8.09. The molecule has 0 saturated heterocycles. The monoisotopic (exact) mass is 343 g/mol. The van der Waals surface area contributed by atoms with Gasteiger partial charge in [0.2, 0.25) is 5.91 Å². The van der Waals surface area contributed by atoms with E-state index in [1.807, 2.05) is 30.3 Å². The second kappa shape index (κ2) is 6.36. The highest BCUT2D eigenvalue weighted by Crippen LogP contribution is 2.61. The van der Waals surface area contributed by atoms with Crippen LogP contribution >= 0.6 is 12.2 Å². The van der Waals surface area contributed by atoms with Gasteiger partial charge in [0.05, 0.1) is 0 Å². The number of carbonyl (C=O) groups is 1. The molecule has 4 bridgehead atoms. The molecule has 1 aromatic rings. The lowest BCUT2D eigenvalue weighted by molar-refractivity contribution is -0.129. The van der Waals surface area contributed by atoms with Crippen LogP contribution in [0.15, 0.2) is 30.3 Å². The van der Waals surface area contributed by atoms with Crippen molar-refractivity contribution in [1.29, 1.82) is 0 Å². The summed E-state index contributed by atoms with van der Waals surface area (Å²) in [6.45, 7) is 0. The molecule has 0 radical (unpaired) electrons.